The predicted molar refractivity (Wildman–Crippen MR) is 197 cm³/mol. The molecule has 0 saturated heterocycles. The van der Waals surface area contributed by atoms with Crippen molar-refractivity contribution in [1.29, 1.82) is 0 Å². The number of aliphatic carboxylic acids is 1. The van der Waals surface area contributed by atoms with Crippen LogP contribution in [0.3, 0.4) is 0 Å². The van der Waals surface area contributed by atoms with Crippen LogP contribution >= 0.6 is 0 Å². The lowest BCUT2D eigenvalue weighted by molar-refractivity contribution is -0.150. The van der Waals surface area contributed by atoms with Gasteiger partial charge < -0.3 is 20.9 Å². The summed E-state index contributed by atoms with van der Waals surface area (Å²) >= 11 is 0. The Bertz CT molecular complexity index is 797. The van der Waals surface area contributed by atoms with Gasteiger partial charge in [-0.15, -0.1) is 0 Å². The van der Waals surface area contributed by atoms with Crippen molar-refractivity contribution in [2.75, 3.05) is 6.54 Å². The van der Waals surface area contributed by atoms with Crippen molar-refractivity contribution in [3.8, 4) is 0 Å². The van der Waals surface area contributed by atoms with E-state index in [1.165, 1.54) is 70.6 Å². The number of nitrogens with two attached hydrogens (primary N) is 1. The first-order valence-electron chi connectivity index (χ1n) is 19.7. The van der Waals surface area contributed by atoms with Crippen LogP contribution in [0, 0.1) is 0 Å². The van der Waals surface area contributed by atoms with Crippen molar-refractivity contribution in [2.24, 2.45) is 5.73 Å². The van der Waals surface area contributed by atoms with Crippen molar-refractivity contribution in [3.63, 3.8) is 0 Å². The number of allylic oxidation sites excluding steroid dienone is 4. The fraction of sp³-hybridized carbons (Fsp3) is 0.825. The average molecular weight is 663 g/mol. The number of ether oxygens (including phenoxy) is 1. The number of carboxylic acid groups (broad SMARTS) is 1. The molecule has 0 radical (unpaired) electrons. The fourth-order valence-corrected chi connectivity index (χ4v) is 5.75. The number of hydrogen-bond donors (Lipinski definition) is 3. The molecule has 1 amide bonds. The second-order valence-electron chi connectivity index (χ2n) is 13.3. The Morgan fingerprint density at radius 2 is 1.11 bits per heavy atom. The lowest BCUT2D eigenvalue weighted by Gasteiger charge is -2.18. The van der Waals surface area contributed by atoms with Gasteiger partial charge in [0, 0.05) is 12.8 Å². The molecule has 0 aromatic carbocycles. The molecule has 7 heteroatoms. The van der Waals surface area contributed by atoms with Crippen LogP contribution in [0.25, 0.3) is 0 Å². The van der Waals surface area contributed by atoms with Crippen molar-refractivity contribution < 1.29 is 24.2 Å². The molecule has 0 aliphatic heterocycles. The first-order chi connectivity index (χ1) is 22.9. The lowest BCUT2D eigenvalue weighted by Crippen LogP contribution is -2.40. The van der Waals surface area contributed by atoms with Gasteiger partial charge in [0.15, 0.2) is 0 Å². The van der Waals surface area contributed by atoms with Gasteiger partial charge in [0.1, 0.15) is 12.1 Å². The summed E-state index contributed by atoms with van der Waals surface area (Å²) in [6, 6.07) is -0.857. The van der Waals surface area contributed by atoms with Gasteiger partial charge in [-0.3, -0.25) is 9.59 Å². The summed E-state index contributed by atoms with van der Waals surface area (Å²) in [5.41, 5.74) is 5.47. The zero-order valence-electron chi connectivity index (χ0n) is 30.6. The van der Waals surface area contributed by atoms with Gasteiger partial charge in [-0.2, -0.15) is 0 Å². The average Bonchev–Trinajstić information content (AvgIpc) is 3.05. The quantitative estimate of drug-likeness (QED) is 0.0353. The maximum Gasteiger partial charge on any atom is 0.326 e. The molecule has 0 aliphatic rings. The summed E-state index contributed by atoms with van der Waals surface area (Å²) < 4.78 is 5.99. The molecule has 0 heterocycles. The van der Waals surface area contributed by atoms with Crippen LogP contribution in [0.2, 0.25) is 0 Å². The summed E-state index contributed by atoms with van der Waals surface area (Å²) in [4.78, 5) is 36.2. The number of esters is 1. The van der Waals surface area contributed by atoms with Crippen LogP contribution in [0.1, 0.15) is 194 Å². The predicted octanol–water partition coefficient (Wildman–Crippen LogP) is 10.5. The summed E-state index contributed by atoms with van der Waals surface area (Å²) in [5, 5.41) is 11.9. The van der Waals surface area contributed by atoms with Crippen LogP contribution in [-0.2, 0) is 19.1 Å². The van der Waals surface area contributed by atoms with Gasteiger partial charge in [-0.25, -0.2) is 4.79 Å². The summed E-state index contributed by atoms with van der Waals surface area (Å²) in [7, 11) is 0. The molecule has 0 aromatic rings. The molecule has 0 saturated carbocycles. The first kappa shape index (κ1) is 44.9. The van der Waals surface area contributed by atoms with Crippen LogP contribution in [-0.4, -0.2) is 41.6 Å². The van der Waals surface area contributed by atoms with E-state index in [-0.39, 0.29) is 18.0 Å². The topological polar surface area (TPSA) is 119 Å². The van der Waals surface area contributed by atoms with Gasteiger partial charge in [0.05, 0.1) is 0 Å². The van der Waals surface area contributed by atoms with Crippen LogP contribution < -0.4 is 11.1 Å². The van der Waals surface area contributed by atoms with Gasteiger partial charge in [0.2, 0.25) is 5.91 Å². The van der Waals surface area contributed by atoms with E-state index in [0.717, 1.165) is 83.5 Å². The van der Waals surface area contributed by atoms with Gasteiger partial charge in [-0.1, -0.05) is 115 Å². The second kappa shape index (κ2) is 35.2. The minimum absolute atomic E-state index is 0.0170. The van der Waals surface area contributed by atoms with E-state index in [2.05, 4.69) is 43.5 Å². The monoisotopic (exact) mass is 663 g/mol. The Balaban J connectivity index is 4.37. The molecule has 47 heavy (non-hydrogen) atoms. The molecule has 0 rings (SSSR count). The maximum absolute atomic E-state index is 12.7. The third kappa shape index (κ3) is 32.2. The number of amides is 1. The molecule has 0 bridgehead atoms. The van der Waals surface area contributed by atoms with Crippen molar-refractivity contribution >= 4 is 17.8 Å². The Morgan fingerprint density at radius 1 is 0.596 bits per heavy atom. The largest absolute Gasteiger partial charge is 0.480 e. The Labute approximate surface area is 289 Å². The Kier molecular flexibility index (Phi) is 33.6. The van der Waals surface area contributed by atoms with E-state index >= 15 is 0 Å². The Morgan fingerprint density at radius 3 is 1.70 bits per heavy atom. The molecular formula is C40H74N2O5. The van der Waals surface area contributed by atoms with Gasteiger partial charge >= 0.3 is 11.9 Å². The highest BCUT2D eigenvalue weighted by Gasteiger charge is 2.19. The van der Waals surface area contributed by atoms with Crippen molar-refractivity contribution in [1.82, 2.24) is 5.32 Å². The number of carbonyl (C=O) groups is 3. The molecule has 0 spiro atoms. The SMILES string of the molecule is CCC/C=C\CCCCCCCC(=O)OC(CCC/C=C\CCCCCCCC)CCCCCCCC(=O)NC(CCCN)C(=O)O. The molecule has 2 unspecified atom stereocenters. The van der Waals surface area contributed by atoms with Crippen molar-refractivity contribution in [3.05, 3.63) is 24.3 Å². The third-order valence-corrected chi connectivity index (χ3v) is 8.72. The van der Waals surface area contributed by atoms with E-state index in [1.54, 1.807) is 0 Å². The fourth-order valence-electron chi connectivity index (χ4n) is 5.75. The standard InChI is InChI=1S/C40H74N2O5/c1-3-5-7-9-11-13-15-16-18-21-25-30-36(47-39(44)34-28-24-19-17-14-12-10-8-6-4-2)31-26-22-20-23-27-33-38(43)42-37(40(45)46)32-29-35-41/h8,10,16,18,36-37H,3-7,9,11-15,17,19-35,41H2,1-2H3,(H,42,43)(H,45,46)/b10-8-,18-16-. The minimum atomic E-state index is -1.01. The molecule has 4 N–H and O–H groups in total. The zero-order valence-corrected chi connectivity index (χ0v) is 30.6. The summed E-state index contributed by atoms with van der Waals surface area (Å²) in [6.45, 7) is 4.87. The van der Waals surface area contributed by atoms with Crippen LogP contribution in [0.4, 0.5) is 0 Å². The number of rotatable bonds is 35. The molecule has 7 nitrogen and oxygen atoms in total. The summed E-state index contributed by atoms with van der Waals surface area (Å²) in [6.07, 6.45) is 37.9. The summed E-state index contributed by atoms with van der Waals surface area (Å²) in [5.74, 6) is -1.26. The highest BCUT2D eigenvalue weighted by molar-refractivity contribution is 5.83. The van der Waals surface area contributed by atoms with E-state index in [0.29, 0.717) is 32.2 Å². The van der Waals surface area contributed by atoms with Gasteiger partial charge in [0.25, 0.3) is 0 Å². The zero-order chi connectivity index (χ0) is 34.6. The molecule has 0 aliphatic carbocycles. The third-order valence-electron chi connectivity index (χ3n) is 8.72. The highest BCUT2D eigenvalue weighted by atomic mass is 16.5. The van der Waals surface area contributed by atoms with E-state index in [1.807, 2.05) is 0 Å². The van der Waals surface area contributed by atoms with E-state index in [9.17, 15) is 19.5 Å². The molecular weight excluding hydrogens is 588 g/mol. The molecule has 0 aromatic heterocycles. The Hall–Kier alpha value is -2.15. The smallest absolute Gasteiger partial charge is 0.326 e. The lowest BCUT2D eigenvalue weighted by atomic mass is 10.0. The van der Waals surface area contributed by atoms with E-state index in [4.69, 9.17) is 10.5 Å². The molecule has 0 fully saturated rings. The minimum Gasteiger partial charge on any atom is -0.480 e. The van der Waals surface area contributed by atoms with Gasteiger partial charge in [-0.05, 0) is 96.4 Å². The van der Waals surface area contributed by atoms with E-state index < -0.39 is 12.0 Å². The highest BCUT2D eigenvalue weighted by Crippen LogP contribution is 2.18. The normalized spacial score (nSPS) is 12.9. The van der Waals surface area contributed by atoms with Crippen LogP contribution in [0.5, 0.6) is 0 Å². The number of carboxylic acids is 1. The maximum atomic E-state index is 12.7. The van der Waals surface area contributed by atoms with Crippen molar-refractivity contribution in [2.45, 2.75) is 206 Å². The van der Waals surface area contributed by atoms with Crippen LogP contribution in [0.15, 0.2) is 24.3 Å². The number of carbonyl (C=O) groups excluding carboxylic acids is 2. The molecule has 274 valence electrons. The number of nitrogens with one attached hydrogen (secondary N) is 1. The number of unbranched alkanes of at least 4 members (excludes halogenated alkanes) is 17. The molecule has 2 atom stereocenters. The second-order valence-corrected chi connectivity index (χ2v) is 13.3. The first-order valence-corrected chi connectivity index (χ1v) is 19.7. The number of hydrogen-bond acceptors (Lipinski definition) is 5.